The largest absolute Gasteiger partial charge is 0.374 e. The Balaban J connectivity index is 2.25. The second-order valence-corrected chi connectivity index (χ2v) is 4.22. The van der Waals surface area contributed by atoms with E-state index >= 15 is 0 Å². The van der Waals surface area contributed by atoms with Crippen molar-refractivity contribution in [1.29, 1.82) is 0 Å². The van der Waals surface area contributed by atoms with Crippen LogP contribution in [0.2, 0.25) is 0 Å². The molecule has 1 fully saturated rings. The van der Waals surface area contributed by atoms with Crippen molar-refractivity contribution in [3.8, 4) is 0 Å². The second-order valence-electron chi connectivity index (χ2n) is 4.22. The third kappa shape index (κ3) is 3.65. The summed E-state index contributed by atoms with van der Waals surface area (Å²) in [6, 6.07) is 0.285. The van der Waals surface area contributed by atoms with E-state index in [0.29, 0.717) is 12.2 Å². The van der Waals surface area contributed by atoms with Crippen molar-refractivity contribution >= 4 is 0 Å². The summed E-state index contributed by atoms with van der Waals surface area (Å²) in [5.74, 6) is 0. The first kappa shape index (κ1) is 11.0. The number of hydrogen-bond donors (Lipinski definition) is 1. The molecule has 13 heavy (non-hydrogen) atoms. The summed E-state index contributed by atoms with van der Waals surface area (Å²) in [5.41, 5.74) is 6.00. The van der Waals surface area contributed by atoms with Crippen molar-refractivity contribution < 1.29 is 4.74 Å². The first-order valence-electron chi connectivity index (χ1n) is 5.65. The van der Waals surface area contributed by atoms with Crippen LogP contribution in [0.4, 0.5) is 0 Å². The van der Waals surface area contributed by atoms with Gasteiger partial charge in [0.25, 0.3) is 0 Å². The van der Waals surface area contributed by atoms with Gasteiger partial charge in [0.1, 0.15) is 0 Å². The summed E-state index contributed by atoms with van der Waals surface area (Å²) in [6.07, 6.45) is 7.94. The summed E-state index contributed by atoms with van der Waals surface area (Å²) in [6.45, 7) is 4.35. The molecule has 1 aliphatic rings. The first-order valence-corrected chi connectivity index (χ1v) is 5.65. The van der Waals surface area contributed by atoms with Gasteiger partial charge in [0.05, 0.1) is 12.2 Å². The Labute approximate surface area is 81.8 Å². The SMILES string of the molecule is CCCC(C)OC1CCCCC1N. The monoisotopic (exact) mass is 185 g/mol. The summed E-state index contributed by atoms with van der Waals surface area (Å²) in [7, 11) is 0. The Bertz CT molecular complexity index is 138. The minimum atomic E-state index is 0.285. The summed E-state index contributed by atoms with van der Waals surface area (Å²) in [5, 5.41) is 0. The van der Waals surface area contributed by atoms with Gasteiger partial charge in [-0.1, -0.05) is 26.2 Å². The predicted octanol–water partition coefficient (Wildman–Crippen LogP) is 2.46. The zero-order valence-corrected chi connectivity index (χ0v) is 8.96. The molecular formula is C11H23NO. The van der Waals surface area contributed by atoms with Crippen LogP contribution >= 0.6 is 0 Å². The first-order chi connectivity index (χ1) is 6.24. The van der Waals surface area contributed by atoms with Gasteiger partial charge in [-0.25, -0.2) is 0 Å². The van der Waals surface area contributed by atoms with Crippen LogP contribution in [0, 0.1) is 0 Å². The molecule has 2 nitrogen and oxygen atoms in total. The Morgan fingerprint density at radius 1 is 1.38 bits per heavy atom. The third-order valence-corrected chi connectivity index (χ3v) is 2.86. The van der Waals surface area contributed by atoms with Crippen molar-refractivity contribution in [2.24, 2.45) is 5.73 Å². The van der Waals surface area contributed by atoms with E-state index in [1.165, 1.54) is 19.3 Å². The van der Waals surface area contributed by atoms with Gasteiger partial charge in [0, 0.05) is 6.04 Å². The minimum absolute atomic E-state index is 0.285. The average Bonchev–Trinajstić information content (AvgIpc) is 2.09. The Hall–Kier alpha value is -0.0800. The van der Waals surface area contributed by atoms with Crippen molar-refractivity contribution in [3.63, 3.8) is 0 Å². The molecule has 0 heterocycles. The summed E-state index contributed by atoms with van der Waals surface area (Å²) in [4.78, 5) is 0. The van der Waals surface area contributed by atoms with E-state index in [9.17, 15) is 0 Å². The molecule has 0 saturated heterocycles. The van der Waals surface area contributed by atoms with E-state index in [1.54, 1.807) is 0 Å². The maximum atomic E-state index is 6.00. The van der Waals surface area contributed by atoms with Crippen LogP contribution in [-0.4, -0.2) is 18.2 Å². The molecule has 2 N–H and O–H groups in total. The van der Waals surface area contributed by atoms with Gasteiger partial charge in [-0.3, -0.25) is 0 Å². The summed E-state index contributed by atoms with van der Waals surface area (Å²) >= 11 is 0. The van der Waals surface area contributed by atoms with Crippen LogP contribution in [0.15, 0.2) is 0 Å². The number of nitrogens with two attached hydrogens (primary N) is 1. The zero-order chi connectivity index (χ0) is 9.68. The summed E-state index contributed by atoms with van der Waals surface area (Å²) < 4.78 is 5.92. The minimum Gasteiger partial charge on any atom is -0.374 e. The van der Waals surface area contributed by atoms with E-state index in [0.717, 1.165) is 19.3 Å². The molecule has 0 radical (unpaired) electrons. The smallest absolute Gasteiger partial charge is 0.0729 e. The van der Waals surface area contributed by atoms with E-state index in [-0.39, 0.29) is 6.04 Å². The quantitative estimate of drug-likeness (QED) is 0.730. The van der Waals surface area contributed by atoms with Crippen LogP contribution < -0.4 is 5.73 Å². The zero-order valence-electron chi connectivity index (χ0n) is 8.96. The molecule has 3 atom stereocenters. The Morgan fingerprint density at radius 3 is 2.69 bits per heavy atom. The van der Waals surface area contributed by atoms with Gasteiger partial charge < -0.3 is 10.5 Å². The predicted molar refractivity (Wildman–Crippen MR) is 55.7 cm³/mol. The molecule has 2 heteroatoms. The van der Waals surface area contributed by atoms with Crippen LogP contribution in [0.3, 0.4) is 0 Å². The molecule has 0 aromatic heterocycles. The van der Waals surface area contributed by atoms with E-state index < -0.39 is 0 Å². The van der Waals surface area contributed by atoms with E-state index in [2.05, 4.69) is 13.8 Å². The van der Waals surface area contributed by atoms with Crippen LogP contribution in [0.5, 0.6) is 0 Å². The lowest BCUT2D eigenvalue weighted by Gasteiger charge is -2.31. The molecule has 0 aromatic carbocycles. The Kier molecular flexibility index (Phi) is 4.74. The lowest BCUT2D eigenvalue weighted by molar-refractivity contribution is -0.0345. The fourth-order valence-electron chi connectivity index (χ4n) is 2.07. The topological polar surface area (TPSA) is 35.2 Å². The van der Waals surface area contributed by atoms with Gasteiger partial charge in [-0.2, -0.15) is 0 Å². The molecule has 0 amide bonds. The standard InChI is InChI=1S/C11H23NO/c1-3-6-9(2)13-11-8-5-4-7-10(11)12/h9-11H,3-8,12H2,1-2H3. The highest BCUT2D eigenvalue weighted by Gasteiger charge is 2.23. The van der Waals surface area contributed by atoms with Gasteiger partial charge in [0.2, 0.25) is 0 Å². The molecule has 1 rings (SSSR count). The fourth-order valence-corrected chi connectivity index (χ4v) is 2.07. The molecular weight excluding hydrogens is 162 g/mol. The molecule has 0 aliphatic heterocycles. The van der Waals surface area contributed by atoms with Crippen LogP contribution in [-0.2, 0) is 4.74 Å². The number of ether oxygens (including phenoxy) is 1. The van der Waals surface area contributed by atoms with Gasteiger partial charge in [0.15, 0.2) is 0 Å². The van der Waals surface area contributed by atoms with Crippen molar-refractivity contribution in [3.05, 3.63) is 0 Å². The highest BCUT2D eigenvalue weighted by Crippen LogP contribution is 2.21. The van der Waals surface area contributed by atoms with Gasteiger partial charge in [-0.15, -0.1) is 0 Å². The van der Waals surface area contributed by atoms with Gasteiger partial charge >= 0.3 is 0 Å². The lowest BCUT2D eigenvalue weighted by atomic mass is 9.93. The second kappa shape index (κ2) is 5.61. The number of rotatable bonds is 4. The maximum Gasteiger partial charge on any atom is 0.0729 e. The molecule has 78 valence electrons. The van der Waals surface area contributed by atoms with E-state index in [4.69, 9.17) is 10.5 Å². The molecule has 1 aliphatic carbocycles. The molecule has 0 bridgehead atoms. The number of hydrogen-bond acceptors (Lipinski definition) is 2. The normalized spacial score (nSPS) is 31.6. The van der Waals surface area contributed by atoms with Crippen molar-refractivity contribution in [1.82, 2.24) is 0 Å². The van der Waals surface area contributed by atoms with Crippen LogP contribution in [0.25, 0.3) is 0 Å². The average molecular weight is 185 g/mol. The highest BCUT2D eigenvalue weighted by atomic mass is 16.5. The molecule has 0 aromatic rings. The van der Waals surface area contributed by atoms with Crippen molar-refractivity contribution in [2.45, 2.75) is 70.6 Å². The molecule has 0 spiro atoms. The van der Waals surface area contributed by atoms with Crippen molar-refractivity contribution in [2.75, 3.05) is 0 Å². The third-order valence-electron chi connectivity index (χ3n) is 2.86. The van der Waals surface area contributed by atoms with Crippen LogP contribution in [0.1, 0.15) is 52.4 Å². The lowest BCUT2D eigenvalue weighted by Crippen LogP contribution is -2.41. The molecule has 3 unspecified atom stereocenters. The molecule has 1 saturated carbocycles. The highest BCUT2D eigenvalue weighted by molar-refractivity contribution is 4.79. The van der Waals surface area contributed by atoms with Gasteiger partial charge in [-0.05, 0) is 26.2 Å². The fraction of sp³-hybridized carbons (Fsp3) is 1.00. The van der Waals surface area contributed by atoms with E-state index in [1.807, 2.05) is 0 Å². The Morgan fingerprint density at radius 2 is 2.08 bits per heavy atom. The maximum absolute atomic E-state index is 6.00.